The molecular formula is C17H26N2O5. The standard InChI is InChI=1S/C17H26N2O5/c1-17(2,3)24-16(23)18-12-8-10-6-9(10)7-11-4-5-13(15(21)22)19(11)14(12)20/h9-13H,4-8H2,1-3H3,(H,18,23)(H,21,22)/t9?,10?,11-,12+,13+/m1/s1. The number of fused-ring (bicyclic) bond motifs is 2. The first-order chi connectivity index (χ1) is 11.2. The van der Waals surface area contributed by atoms with Crippen LogP contribution in [-0.2, 0) is 14.3 Å². The van der Waals surface area contributed by atoms with E-state index in [9.17, 15) is 19.5 Å². The van der Waals surface area contributed by atoms with Gasteiger partial charge in [-0.05, 0) is 64.7 Å². The normalized spacial score (nSPS) is 35.4. The van der Waals surface area contributed by atoms with Crippen LogP contribution >= 0.6 is 0 Å². The molecule has 1 aliphatic carbocycles. The van der Waals surface area contributed by atoms with Gasteiger partial charge in [-0.1, -0.05) is 0 Å². The van der Waals surface area contributed by atoms with Gasteiger partial charge in [0.1, 0.15) is 17.7 Å². The van der Waals surface area contributed by atoms with Crippen molar-refractivity contribution in [2.24, 2.45) is 11.8 Å². The summed E-state index contributed by atoms with van der Waals surface area (Å²) in [5.74, 6) is -0.253. The van der Waals surface area contributed by atoms with Gasteiger partial charge in [0.05, 0.1) is 0 Å². The summed E-state index contributed by atoms with van der Waals surface area (Å²) in [7, 11) is 0. The predicted molar refractivity (Wildman–Crippen MR) is 85.3 cm³/mol. The van der Waals surface area contributed by atoms with E-state index in [0.717, 1.165) is 19.3 Å². The van der Waals surface area contributed by atoms with E-state index in [4.69, 9.17) is 4.74 Å². The van der Waals surface area contributed by atoms with Gasteiger partial charge in [0.25, 0.3) is 0 Å². The van der Waals surface area contributed by atoms with E-state index in [-0.39, 0.29) is 11.9 Å². The lowest BCUT2D eigenvalue weighted by Gasteiger charge is -2.34. The van der Waals surface area contributed by atoms with Crippen LogP contribution in [0.5, 0.6) is 0 Å². The summed E-state index contributed by atoms with van der Waals surface area (Å²) >= 11 is 0. The van der Waals surface area contributed by atoms with E-state index in [0.29, 0.717) is 24.7 Å². The SMILES string of the molecule is CC(C)(C)OC(=O)N[C@H]1CC2CC2C[C@H]2CC[C@@H](C(=O)O)N2C1=O. The Kier molecular flexibility index (Phi) is 4.21. The van der Waals surface area contributed by atoms with Crippen LogP contribution in [0.2, 0.25) is 0 Å². The number of nitrogens with zero attached hydrogens (tertiary/aromatic N) is 1. The summed E-state index contributed by atoms with van der Waals surface area (Å²) in [5.41, 5.74) is -0.642. The molecule has 134 valence electrons. The zero-order valence-corrected chi connectivity index (χ0v) is 14.4. The molecule has 2 unspecified atom stereocenters. The maximum absolute atomic E-state index is 13.0. The number of ether oxygens (including phenoxy) is 1. The van der Waals surface area contributed by atoms with E-state index in [1.54, 1.807) is 20.8 Å². The van der Waals surface area contributed by atoms with Crippen molar-refractivity contribution in [3.8, 4) is 0 Å². The molecule has 3 fully saturated rings. The second-order valence-electron chi connectivity index (χ2n) is 8.26. The maximum atomic E-state index is 13.0. The first-order valence-corrected chi connectivity index (χ1v) is 8.70. The zero-order valence-electron chi connectivity index (χ0n) is 14.4. The molecule has 5 atom stereocenters. The first-order valence-electron chi connectivity index (χ1n) is 8.70. The van der Waals surface area contributed by atoms with Crippen LogP contribution in [-0.4, -0.2) is 51.7 Å². The van der Waals surface area contributed by atoms with E-state index >= 15 is 0 Å². The highest BCUT2D eigenvalue weighted by molar-refractivity contribution is 5.90. The highest BCUT2D eigenvalue weighted by atomic mass is 16.6. The largest absolute Gasteiger partial charge is 0.480 e. The van der Waals surface area contributed by atoms with Crippen molar-refractivity contribution in [2.75, 3.05) is 0 Å². The number of carboxylic acid groups (broad SMARTS) is 1. The number of amides is 2. The molecule has 0 aromatic rings. The Morgan fingerprint density at radius 2 is 1.83 bits per heavy atom. The van der Waals surface area contributed by atoms with Crippen molar-refractivity contribution in [2.45, 2.75) is 76.6 Å². The van der Waals surface area contributed by atoms with Crippen molar-refractivity contribution < 1.29 is 24.2 Å². The van der Waals surface area contributed by atoms with E-state index in [2.05, 4.69) is 5.32 Å². The van der Waals surface area contributed by atoms with Crippen LogP contribution in [0.15, 0.2) is 0 Å². The predicted octanol–water partition coefficient (Wildman–Crippen LogP) is 1.75. The van der Waals surface area contributed by atoms with Crippen molar-refractivity contribution in [1.29, 1.82) is 0 Å². The molecule has 7 heteroatoms. The highest BCUT2D eigenvalue weighted by Gasteiger charge is 2.51. The molecule has 24 heavy (non-hydrogen) atoms. The van der Waals surface area contributed by atoms with E-state index in [1.165, 1.54) is 4.90 Å². The maximum Gasteiger partial charge on any atom is 0.408 e. The summed E-state index contributed by atoms with van der Waals surface area (Å²) in [6, 6.07) is -1.49. The third-order valence-corrected chi connectivity index (χ3v) is 5.21. The second-order valence-corrected chi connectivity index (χ2v) is 8.26. The Morgan fingerprint density at radius 3 is 2.46 bits per heavy atom. The summed E-state index contributed by atoms with van der Waals surface area (Å²) in [4.78, 5) is 38.0. The Labute approximate surface area is 141 Å². The van der Waals surface area contributed by atoms with Crippen LogP contribution in [0.4, 0.5) is 4.79 Å². The summed E-state index contributed by atoms with van der Waals surface area (Å²) in [6.45, 7) is 5.29. The molecule has 0 radical (unpaired) electrons. The second kappa shape index (κ2) is 5.93. The fraction of sp³-hybridized carbons (Fsp3) is 0.824. The molecule has 2 N–H and O–H groups in total. The summed E-state index contributed by atoms with van der Waals surface area (Å²) < 4.78 is 5.26. The number of rotatable bonds is 2. The Morgan fingerprint density at radius 1 is 1.17 bits per heavy atom. The van der Waals surface area contributed by atoms with Gasteiger partial charge in [-0.2, -0.15) is 0 Å². The van der Waals surface area contributed by atoms with Crippen molar-refractivity contribution in [1.82, 2.24) is 10.2 Å². The molecule has 0 aromatic heterocycles. The minimum absolute atomic E-state index is 0.0168. The molecule has 0 aromatic carbocycles. The molecule has 2 amide bonds. The van der Waals surface area contributed by atoms with Gasteiger partial charge in [0.2, 0.25) is 5.91 Å². The first kappa shape index (κ1) is 17.0. The smallest absolute Gasteiger partial charge is 0.408 e. The average Bonchev–Trinajstić information content (AvgIpc) is 2.99. The number of carboxylic acids is 1. The van der Waals surface area contributed by atoms with Gasteiger partial charge >= 0.3 is 12.1 Å². The minimum Gasteiger partial charge on any atom is -0.480 e. The van der Waals surface area contributed by atoms with Gasteiger partial charge < -0.3 is 20.1 Å². The number of hydrogen-bond acceptors (Lipinski definition) is 4. The Balaban J connectivity index is 1.76. The zero-order chi connectivity index (χ0) is 17.6. The van der Waals surface area contributed by atoms with Gasteiger partial charge in [-0.3, -0.25) is 4.79 Å². The third-order valence-electron chi connectivity index (χ3n) is 5.21. The van der Waals surface area contributed by atoms with Gasteiger partial charge in [-0.15, -0.1) is 0 Å². The van der Waals surface area contributed by atoms with E-state index < -0.39 is 29.7 Å². The fourth-order valence-corrected chi connectivity index (χ4v) is 4.08. The Hall–Kier alpha value is -1.79. The Bertz CT molecular complexity index is 556. The lowest BCUT2D eigenvalue weighted by Crippen LogP contribution is -2.55. The van der Waals surface area contributed by atoms with Gasteiger partial charge in [0, 0.05) is 6.04 Å². The van der Waals surface area contributed by atoms with Crippen molar-refractivity contribution >= 4 is 18.0 Å². The van der Waals surface area contributed by atoms with Crippen LogP contribution in [0.3, 0.4) is 0 Å². The number of alkyl carbamates (subject to hydrolysis) is 1. The molecule has 1 saturated carbocycles. The number of nitrogens with one attached hydrogen (secondary N) is 1. The molecule has 2 aliphatic heterocycles. The number of carbonyl (C=O) groups excluding carboxylic acids is 2. The quantitative estimate of drug-likeness (QED) is 0.800. The monoisotopic (exact) mass is 338 g/mol. The van der Waals surface area contributed by atoms with Crippen LogP contribution in [0.25, 0.3) is 0 Å². The number of aliphatic carboxylic acids is 1. The fourth-order valence-electron chi connectivity index (χ4n) is 4.08. The van der Waals surface area contributed by atoms with Gasteiger partial charge in [-0.25, -0.2) is 9.59 Å². The minimum atomic E-state index is -0.963. The lowest BCUT2D eigenvalue weighted by molar-refractivity contribution is -0.151. The highest BCUT2D eigenvalue weighted by Crippen LogP contribution is 2.49. The average molecular weight is 338 g/mol. The molecule has 3 aliphatic rings. The number of carbonyl (C=O) groups is 3. The molecule has 0 spiro atoms. The molecule has 2 heterocycles. The molecule has 3 rings (SSSR count). The van der Waals surface area contributed by atoms with Crippen molar-refractivity contribution in [3.63, 3.8) is 0 Å². The molecular weight excluding hydrogens is 312 g/mol. The summed E-state index contributed by atoms with van der Waals surface area (Å²) in [5, 5.41) is 12.1. The molecule has 0 bridgehead atoms. The third kappa shape index (κ3) is 3.49. The van der Waals surface area contributed by atoms with Crippen molar-refractivity contribution in [3.05, 3.63) is 0 Å². The molecule has 7 nitrogen and oxygen atoms in total. The van der Waals surface area contributed by atoms with Crippen LogP contribution < -0.4 is 5.32 Å². The topological polar surface area (TPSA) is 95.9 Å². The lowest BCUT2D eigenvalue weighted by atomic mass is 9.99. The molecule has 2 saturated heterocycles. The number of hydrogen-bond donors (Lipinski definition) is 2. The van der Waals surface area contributed by atoms with Gasteiger partial charge in [0.15, 0.2) is 0 Å². The van der Waals surface area contributed by atoms with E-state index in [1.807, 2.05) is 0 Å². The van der Waals surface area contributed by atoms with Crippen LogP contribution in [0.1, 0.15) is 52.9 Å². The summed E-state index contributed by atoms with van der Waals surface area (Å²) in [6.07, 6.45) is 3.11. The van der Waals surface area contributed by atoms with Crippen LogP contribution in [0, 0.1) is 11.8 Å².